The van der Waals surface area contributed by atoms with E-state index in [0.717, 1.165) is 105 Å². The van der Waals surface area contributed by atoms with Crippen LogP contribution in [0.2, 0.25) is 0 Å². The molecule has 1 aliphatic heterocycles. The molecule has 6 heteroatoms. The molecule has 6 nitrogen and oxygen atoms in total. The molecule has 4 heterocycles. The lowest BCUT2D eigenvalue weighted by Crippen LogP contribution is -2.36. The van der Waals surface area contributed by atoms with E-state index >= 15 is 0 Å². The van der Waals surface area contributed by atoms with Gasteiger partial charge in [0.2, 0.25) is 0 Å². The second-order valence-electron chi connectivity index (χ2n) is 13.2. The number of fused-ring (bicyclic) bond motifs is 8. The largest absolute Gasteiger partial charge is 0.456 e. The zero-order valence-corrected chi connectivity index (χ0v) is 27.7. The molecular formula is C46H28N4O2. The quantitative estimate of drug-likeness (QED) is 0.202. The van der Waals surface area contributed by atoms with E-state index < -0.39 is 6.17 Å². The summed E-state index contributed by atoms with van der Waals surface area (Å²) in [5, 5.41) is 9.96. The van der Waals surface area contributed by atoms with Gasteiger partial charge in [-0.05, 0) is 58.3 Å². The van der Waals surface area contributed by atoms with Crippen LogP contribution in [0.25, 0.3) is 76.8 Å². The molecule has 0 saturated heterocycles. The third kappa shape index (κ3) is 4.48. The number of benzene rings is 7. The monoisotopic (exact) mass is 668 g/mol. The topological polar surface area (TPSA) is 75.9 Å². The van der Waals surface area contributed by atoms with Crippen molar-refractivity contribution in [2.45, 2.75) is 6.17 Å². The van der Waals surface area contributed by atoms with Crippen LogP contribution in [0.4, 0.5) is 0 Å². The summed E-state index contributed by atoms with van der Waals surface area (Å²) in [7, 11) is 0. The Kier molecular flexibility index (Phi) is 6.21. The van der Waals surface area contributed by atoms with E-state index in [4.69, 9.17) is 23.8 Å². The van der Waals surface area contributed by atoms with E-state index in [-0.39, 0.29) is 0 Å². The highest BCUT2D eigenvalue weighted by Crippen LogP contribution is 2.39. The Morgan fingerprint density at radius 1 is 0.462 bits per heavy atom. The third-order valence-corrected chi connectivity index (χ3v) is 10.1. The maximum atomic E-state index is 6.34. The van der Waals surface area contributed by atoms with E-state index in [2.05, 4.69) is 90.2 Å². The second-order valence-corrected chi connectivity index (χ2v) is 13.2. The van der Waals surface area contributed by atoms with Crippen LogP contribution >= 0.6 is 0 Å². The molecule has 0 saturated carbocycles. The number of pyridine rings is 1. The number of aromatic nitrogens is 1. The number of para-hydroxylation sites is 2. The van der Waals surface area contributed by atoms with Crippen molar-refractivity contribution in [2.75, 3.05) is 0 Å². The number of rotatable bonds is 4. The molecule has 0 radical (unpaired) electrons. The number of hydrogen-bond donors (Lipinski definition) is 1. The molecule has 11 rings (SSSR count). The van der Waals surface area contributed by atoms with Gasteiger partial charge in [-0.15, -0.1) is 0 Å². The first kappa shape index (κ1) is 28.8. The molecular weight excluding hydrogens is 641 g/mol. The van der Waals surface area contributed by atoms with Crippen LogP contribution in [0.1, 0.15) is 22.9 Å². The van der Waals surface area contributed by atoms with Gasteiger partial charge in [0.25, 0.3) is 0 Å². The fourth-order valence-corrected chi connectivity index (χ4v) is 7.72. The van der Waals surface area contributed by atoms with Crippen molar-refractivity contribution >= 4 is 77.4 Å². The lowest BCUT2D eigenvalue weighted by atomic mass is 9.95. The lowest BCUT2D eigenvalue weighted by molar-refractivity contribution is 0.668. The Morgan fingerprint density at radius 3 is 2.10 bits per heavy atom. The Hall–Kier alpha value is -7.05. The third-order valence-electron chi connectivity index (χ3n) is 10.1. The minimum absolute atomic E-state index is 0.479. The predicted molar refractivity (Wildman–Crippen MR) is 211 cm³/mol. The van der Waals surface area contributed by atoms with E-state index in [1.807, 2.05) is 72.8 Å². The van der Waals surface area contributed by atoms with Crippen LogP contribution < -0.4 is 5.32 Å². The normalized spacial score (nSPS) is 14.7. The van der Waals surface area contributed by atoms with Crippen molar-refractivity contribution in [2.24, 2.45) is 9.98 Å². The fourth-order valence-electron chi connectivity index (χ4n) is 7.72. The van der Waals surface area contributed by atoms with E-state index in [1.54, 1.807) is 0 Å². The van der Waals surface area contributed by atoms with E-state index in [0.29, 0.717) is 0 Å². The minimum Gasteiger partial charge on any atom is -0.456 e. The van der Waals surface area contributed by atoms with Crippen molar-refractivity contribution in [1.29, 1.82) is 0 Å². The first-order valence-corrected chi connectivity index (χ1v) is 17.4. The average molecular weight is 669 g/mol. The van der Waals surface area contributed by atoms with Crippen molar-refractivity contribution < 1.29 is 8.83 Å². The standard InChI is InChI=1S/C46H28N4O2/c1-2-11-27(12-3-1)44-48-45(50-46(49-44)35-18-10-21-38-41(35)34-15-5-7-20-37(34)51-38)33-17-8-14-28-25-29(23-24-31(28)33)32-16-9-22-39-42(32)43-40(52-39)26-30-13-4-6-19-36(30)47-43/h1-26,45H,(H,48,49,50). The van der Waals surface area contributed by atoms with Crippen molar-refractivity contribution in [3.8, 4) is 11.1 Å². The molecule has 0 bridgehead atoms. The molecule has 1 N–H and O–H groups in total. The summed E-state index contributed by atoms with van der Waals surface area (Å²) in [6.45, 7) is 0. The Balaban J connectivity index is 1.07. The highest BCUT2D eigenvalue weighted by Gasteiger charge is 2.25. The fraction of sp³-hybridized carbons (Fsp3) is 0.0217. The molecule has 1 aliphatic rings. The zero-order valence-electron chi connectivity index (χ0n) is 27.7. The van der Waals surface area contributed by atoms with Crippen molar-refractivity contribution in [3.05, 3.63) is 174 Å². The number of aliphatic imine (C=N–C) groups is 2. The molecule has 0 aliphatic carbocycles. The van der Waals surface area contributed by atoms with Gasteiger partial charge in [-0.1, -0.05) is 121 Å². The predicted octanol–water partition coefficient (Wildman–Crippen LogP) is 11.3. The molecule has 0 amide bonds. The van der Waals surface area contributed by atoms with E-state index in [9.17, 15) is 0 Å². The lowest BCUT2D eigenvalue weighted by Gasteiger charge is -2.23. The van der Waals surface area contributed by atoms with Crippen molar-refractivity contribution in [1.82, 2.24) is 10.3 Å². The SMILES string of the molecule is c1ccc(C2=NC(c3cccc4cc(-c5cccc6oc7cc8ccccc8nc7c56)ccc34)N=C(c3cccc4oc5ccccc5c34)N2)cc1. The van der Waals surface area contributed by atoms with E-state index in [1.165, 1.54) is 0 Å². The first-order valence-electron chi connectivity index (χ1n) is 17.4. The summed E-state index contributed by atoms with van der Waals surface area (Å²) < 4.78 is 12.6. The van der Waals surface area contributed by atoms with Gasteiger partial charge in [0.1, 0.15) is 33.9 Å². The number of nitrogens with one attached hydrogen (secondary N) is 1. The zero-order chi connectivity index (χ0) is 34.2. The highest BCUT2D eigenvalue weighted by molar-refractivity contribution is 6.23. The molecule has 0 spiro atoms. The first-order chi connectivity index (χ1) is 25.7. The summed E-state index contributed by atoms with van der Waals surface area (Å²) in [5.74, 6) is 1.52. The summed E-state index contributed by atoms with van der Waals surface area (Å²) in [6.07, 6.45) is -0.479. The molecule has 52 heavy (non-hydrogen) atoms. The summed E-state index contributed by atoms with van der Waals surface area (Å²) in [4.78, 5) is 15.6. The average Bonchev–Trinajstić information content (AvgIpc) is 3.77. The van der Waals surface area contributed by atoms with Crippen LogP contribution in [0.15, 0.2) is 177 Å². The molecule has 0 fully saturated rings. The summed E-state index contributed by atoms with van der Waals surface area (Å²) >= 11 is 0. The van der Waals surface area contributed by atoms with Gasteiger partial charge < -0.3 is 14.2 Å². The number of nitrogens with zero attached hydrogens (tertiary/aromatic N) is 3. The van der Waals surface area contributed by atoms with Crippen LogP contribution in [-0.4, -0.2) is 16.7 Å². The summed E-state index contributed by atoms with van der Waals surface area (Å²) in [6, 6.07) is 54.0. The molecule has 10 aromatic rings. The Morgan fingerprint density at radius 2 is 1.17 bits per heavy atom. The minimum atomic E-state index is -0.479. The Labute approximate surface area is 297 Å². The molecule has 3 aromatic heterocycles. The van der Waals surface area contributed by atoms with Gasteiger partial charge in [-0.25, -0.2) is 15.0 Å². The van der Waals surface area contributed by atoms with Gasteiger partial charge >= 0.3 is 0 Å². The van der Waals surface area contributed by atoms with Crippen LogP contribution in [0.5, 0.6) is 0 Å². The smallest absolute Gasteiger partial charge is 0.170 e. The number of amidine groups is 2. The maximum Gasteiger partial charge on any atom is 0.170 e. The van der Waals surface area contributed by atoms with Gasteiger partial charge in [-0.3, -0.25) is 0 Å². The molecule has 1 atom stereocenters. The Bertz CT molecular complexity index is 3120. The van der Waals surface area contributed by atoms with Gasteiger partial charge in [0.15, 0.2) is 11.7 Å². The van der Waals surface area contributed by atoms with Crippen LogP contribution in [-0.2, 0) is 0 Å². The summed E-state index contributed by atoms with van der Waals surface area (Å²) in [5.41, 5.74) is 10.3. The van der Waals surface area contributed by atoms with Gasteiger partial charge in [0, 0.05) is 32.8 Å². The van der Waals surface area contributed by atoms with Crippen LogP contribution in [0.3, 0.4) is 0 Å². The number of furan rings is 2. The molecule has 1 unspecified atom stereocenters. The van der Waals surface area contributed by atoms with Crippen LogP contribution in [0, 0.1) is 0 Å². The highest BCUT2D eigenvalue weighted by atomic mass is 16.3. The van der Waals surface area contributed by atoms with Gasteiger partial charge in [-0.2, -0.15) is 0 Å². The second kappa shape index (κ2) is 11.2. The maximum absolute atomic E-state index is 6.34. The number of hydrogen-bond acceptors (Lipinski definition) is 6. The van der Waals surface area contributed by atoms with Gasteiger partial charge in [0.05, 0.1) is 10.9 Å². The van der Waals surface area contributed by atoms with Crippen molar-refractivity contribution in [3.63, 3.8) is 0 Å². The molecule has 244 valence electrons. The molecule has 7 aromatic carbocycles.